The highest BCUT2D eigenvalue weighted by molar-refractivity contribution is 5.91. The minimum atomic E-state index is -1.04. The molecule has 0 saturated heterocycles. The smallest absolute Gasteiger partial charge is 0.304 e. The molecule has 0 aliphatic carbocycles. The molecule has 1 aromatic heterocycles. The van der Waals surface area contributed by atoms with Crippen LogP contribution >= 0.6 is 0 Å². The summed E-state index contributed by atoms with van der Waals surface area (Å²) in [6, 6.07) is 33.9. The summed E-state index contributed by atoms with van der Waals surface area (Å²) >= 11 is 0. The molecular formula is C42H47N3O4. The number of para-hydroxylation sites is 1. The van der Waals surface area contributed by atoms with Gasteiger partial charge in [-0.05, 0) is 70.5 Å². The van der Waals surface area contributed by atoms with E-state index in [1.807, 2.05) is 60.8 Å². The lowest BCUT2D eigenvalue weighted by Crippen LogP contribution is -2.50. The van der Waals surface area contributed by atoms with Crippen molar-refractivity contribution >= 4 is 28.7 Å². The van der Waals surface area contributed by atoms with Crippen LogP contribution in [0.2, 0.25) is 0 Å². The number of carbonyl (C=O) groups is 3. The number of rotatable bonds is 15. The van der Waals surface area contributed by atoms with Crippen molar-refractivity contribution in [2.45, 2.75) is 70.8 Å². The average Bonchev–Trinajstić information content (AvgIpc) is 3.50. The number of carboxylic acid groups (broad SMARTS) is 1. The second-order valence-corrected chi connectivity index (χ2v) is 13.9. The third-order valence-electron chi connectivity index (χ3n) is 9.14. The standard InChI is InChI=1S/C42H47N3O4/c1-42(2,3)35-22-20-32(21-23-35)31-18-16-30(17-19-31)12-9-13-33(27-39(46)47)40(48)45-38(26-34-28-44-37-15-8-7-14-36(34)37)41(49)43-25-24-29-10-5-4-6-11-29/h4-8,10-11,14-23,28,33,38,44H,9,12-13,24-27H2,1-3H3,(H,43,49)(H,45,48)(H,46,47). The number of aryl methyl sites for hydroxylation is 1. The Labute approximate surface area is 289 Å². The van der Waals surface area contributed by atoms with Crippen LogP contribution < -0.4 is 10.6 Å². The molecule has 2 unspecified atom stereocenters. The topological polar surface area (TPSA) is 111 Å². The van der Waals surface area contributed by atoms with Gasteiger partial charge in [-0.2, -0.15) is 0 Å². The van der Waals surface area contributed by atoms with Gasteiger partial charge in [-0.15, -0.1) is 0 Å². The third-order valence-corrected chi connectivity index (χ3v) is 9.14. The lowest BCUT2D eigenvalue weighted by atomic mass is 9.86. The second kappa shape index (κ2) is 16.3. The molecule has 4 aromatic carbocycles. The summed E-state index contributed by atoms with van der Waals surface area (Å²) in [5.74, 6) is -2.51. The molecule has 49 heavy (non-hydrogen) atoms. The van der Waals surface area contributed by atoms with Crippen LogP contribution in [0.15, 0.2) is 109 Å². The summed E-state index contributed by atoms with van der Waals surface area (Å²) in [6.45, 7) is 7.03. The molecular weight excluding hydrogens is 610 g/mol. The van der Waals surface area contributed by atoms with Gasteiger partial charge in [0, 0.05) is 36.0 Å². The molecule has 0 spiro atoms. The molecule has 5 rings (SSSR count). The van der Waals surface area contributed by atoms with E-state index in [-0.39, 0.29) is 24.2 Å². The number of aliphatic carboxylic acids is 1. The van der Waals surface area contributed by atoms with Gasteiger partial charge < -0.3 is 20.7 Å². The Morgan fingerprint density at radius 1 is 0.755 bits per heavy atom. The van der Waals surface area contributed by atoms with Gasteiger partial charge >= 0.3 is 5.97 Å². The predicted octanol–water partition coefficient (Wildman–Crippen LogP) is 7.63. The second-order valence-electron chi connectivity index (χ2n) is 13.9. The highest BCUT2D eigenvalue weighted by atomic mass is 16.4. The molecule has 4 N–H and O–H groups in total. The van der Waals surface area contributed by atoms with Gasteiger partial charge in [0.2, 0.25) is 11.8 Å². The number of hydrogen-bond acceptors (Lipinski definition) is 3. The fraction of sp³-hybridized carbons (Fsp3) is 0.310. The van der Waals surface area contributed by atoms with Gasteiger partial charge in [-0.25, -0.2) is 0 Å². The summed E-state index contributed by atoms with van der Waals surface area (Å²) in [4.78, 5) is 42.2. The number of hydrogen-bond donors (Lipinski definition) is 4. The van der Waals surface area contributed by atoms with Gasteiger partial charge in [-0.3, -0.25) is 14.4 Å². The van der Waals surface area contributed by atoms with Crippen LogP contribution in [-0.4, -0.2) is 40.5 Å². The van der Waals surface area contributed by atoms with Crippen molar-refractivity contribution < 1.29 is 19.5 Å². The van der Waals surface area contributed by atoms with Crippen molar-refractivity contribution in [1.29, 1.82) is 0 Å². The molecule has 0 radical (unpaired) electrons. The Hall–Kier alpha value is -5.17. The molecule has 254 valence electrons. The average molecular weight is 658 g/mol. The molecule has 5 aromatic rings. The van der Waals surface area contributed by atoms with Gasteiger partial charge in [0.05, 0.1) is 6.42 Å². The number of nitrogens with one attached hydrogen (secondary N) is 3. The first-order chi connectivity index (χ1) is 23.6. The number of aromatic nitrogens is 1. The Balaban J connectivity index is 1.22. The van der Waals surface area contributed by atoms with E-state index in [2.05, 4.69) is 84.9 Å². The van der Waals surface area contributed by atoms with Crippen molar-refractivity contribution in [1.82, 2.24) is 15.6 Å². The molecule has 2 amide bonds. The highest BCUT2D eigenvalue weighted by Crippen LogP contribution is 2.27. The molecule has 1 heterocycles. The maximum Gasteiger partial charge on any atom is 0.304 e. The van der Waals surface area contributed by atoms with Crippen LogP contribution in [0.5, 0.6) is 0 Å². The Morgan fingerprint density at radius 3 is 2.06 bits per heavy atom. The Morgan fingerprint density at radius 2 is 1.39 bits per heavy atom. The van der Waals surface area contributed by atoms with E-state index in [1.165, 1.54) is 5.56 Å². The summed E-state index contributed by atoms with van der Waals surface area (Å²) in [6.07, 6.45) is 4.24. The molecule has 7 heteroatoms. The number of aromatic amines is 1. The number of amides is 2. The van der Waals surface area contributed by atoms with Crippen LogP contribution in [0, 0.1) is 5.92 Å². The van der Waals surface area contributed by atoms with Gasteiger partial charge in [-0.1, -0.05) is 118 Å². The van der Waals surface area contributed by atoms with Crippen molar-refractivity contribution in [3.05, 3.63) is 132 Å². The zero-order valence-electron chi connectivity index (χ0n) is 28.7. The first-order valence-electron chi connectivity index (χ1n) is 17.2. The molecule has 0 fully saturated rings. The van der Waals surface area contributed by atoms with Crippen molar-refractivity contribution in [2.75, 3.05) is 6.54 Å². The minimum Gasteiger partial charge on any atom is -0.481 e. The third kappa shape index (κ3) is 9.92. The first kappa shape index (κ1) is 35.1. The van der Waals surface area contributed by atoms with Crippen molar-refractivity contribution in [3.63, 3.8) is 0 Å². The number of fused-ring (bicyclic) bond motifs is 1. The van der Waals surface area contributed by atoms with Crippen LogP contribution in [-0.2, 0) is 39.1 Å². The van der Waals surface area contributed by atoms with Gasteiger partial charge in [0.1, 0.15) is 6.04 Å². The zero-order valence-corrected chi connectivity index (χ0v) is 28.7. The maximum absolute atomic E-state index is 13.6. The van der Waals surface area contributed by atoms with Crippen LogP contribution in [0.25, 0.3) is 22.0 Å². The number of carboxylic acids is 1. The summed E-state index contributed by atoms with van der Waals surface area (Å²) in [7, 11) is 0. The molecule has 0 aliphatic rings. The monoisotopic (exact) mass is 657 g/mol. The van der Waals surface area contributed by atoms with E-state index < -0.39 is 23.8 Å². The number of carbonyl (C=O) groups excluding carboxylic acids is 2. The Bertz CT molecular complexity index is 1840. The highest BCUT2D eigenvalue weighted by Gasteiger charge is 2.28. The van der Waals surface area contributed by atoms with E-state index in [9.17, 15) is 19.5 Å². The van der Waals surface area contributed by atoms with E-state index in [0.29, 0.717) is 32.2 Å². The summed E-state index contributed by atoms with van der Waals surface area (Å²) in [5, 5.41) is 16.6. The largest absolute Gasteiger partial charge is 0.481 e. The fourth-order valence-corrected chi connectivity index (χ4v) is 6.23. The lowest BCUT2D eigenvalue weighted by molar-refractivity contribution is -0.141. The fourth-order valence-electron chi connectivity index (χ4n) is 6.23. The molecule has 7 nitrogen and oxygen atoms in total. The molecule has 0 bridgehead atoms. The van der Waals surface area contributed by atoms with Crippen LogP contribution in [0.3, 0.4) is 0 Å². The zero-order chi connectivity index (χ0) is 34.8. The van der Waals surface area contributed by atoms with E-state index in [1.54, 1.807) is 0 Å². The first-order valence-corrected chi connectivity index (χ1v) is 17.2. The quantitative estimate of drug-likeness (QED) is 0.0928. The number of H-pyrrole nitrogens is 1. The summed E-state index contributed by atoms with van der Waals surface area (Å²) < 4.78 is 0. The SMILES string of the molecule is CC(C)(C)c1ccc(-c2ccc(CCCC(CC(=O)O)C(=O)NC(Cc3c[nH]c4ccccc34)C(=O)NCCc3ccccc3)cc2)cc1. The van der Waals surface area contributed by atoms with Crippen LogP contribution in [0.1, 0.15) is 62.3 Å². The normalized spacial score (nSPS) is 12.7. The van der Waals surface area contributed by atoms with E-state index in [4.69, 9.17) is 0 Å². The van der Waals surface area contributed by atoms with Crippen LogP contribution in [0.4, 0.5) is 0 Å². The van der Waals surface area contributed by atoms with E-state index >= 15 is 0 Å². The van der Waals surface area contributed by atoms with Gasteiger partial charge in [0.25, 0.3) is 0 Å². The van der Waals surface area contributed by atoms with Gasteiger partial charge in [0.15, 0.2) is 0 Å². The number of benzene rings is 4. The van der Waals surface area contributed by atoms with Crippen molar-refractivity contribution in [2.24, 2.45) is 5.92 Å². The lowest BCUT2D eigenvalue weighted by Gasteiger charge is -2.22. The van der Waals surface area contributed by atoms with Crippen molar-refractivity contribution in [3.8, 4) is 11.1 Å². The minimum absolute atomic E-state index is 0.102. The molecule has 0 saturated carbocycles. The van der Waals surface area contributed by atoms with E-state index in [0.717, 1.165) is 38.7 Å². The molecule has 0 aliphatic heterocycles. The summed E-state index contributed by atoms with van der Waals surface area (Å²) in [5.41, 5.74) is 7.76. The maximum atomic E-state index is 13.6. The Kier molecular flexibility index (Phi) is 11.7. The predicted molar refractivity (Wildman–Crippen MR) is 196 cm³/mol. The molecule has 2 atom stereocenters.